The summed E-state index contributed by atoms with van der Waals surface area (Å²) < 4.78 is 0. The zero-order valence-corrected chi connectivity index (χ0v) is 11.6. The Hall–Kier alpha value is -0.780. The maximum absolute atomic E-state index is 6.01. The average Bonchev–Trinajstić information content (AvgIpc) is 2.26. The van der Waals surface area contributed by atoms with Crippen LogP contribution in [0.4, 0.5) is 0 Å². The summed E-state index contributed by atoms with van der Waals surface area (Å²) >= 11 is 12.6. The molecule has 1 aliphatic heterocycles. The molecule has 3 N–H and O–H groups in total. The minimum atomic E-state index is 0.173. The molecule has 0 spiro atoms. The van der Waals surface area contributed by atoms with Crippen LogP contribution in [0.2, 0.25) is 5.02 Å². The third kappa shape index (κ3) is 3.12. The number of hydrogen-bond acceptors (Lipinski definition) is 3. The molecule has 1 heterocycles. The summed E-state index contributed by atoms with van der Waals surface area (Å²) in [5.41, 5.74) is 10.0. The van der Waals surface area contributed by atoms with Crippen LogP contribution in [0.25, 0.3) is 0 Å². The molecule has 0 aliphatic carbocycles. The van der Waals surface area contributed by atoms with Gasteiger partial charge in [-0.3, -0.25) is 5.43 Å². The summed E-state index contributed by atoms with van der Waals surface area (Å²) in [5.74, 6) is 0. The molecule has 0 radical (unpaired) electrons. The van der Waals surface area contributed by atoms with Crippen molar-refractivity contribution in [3.8, 4) is 0 Å². The van der Waals surface area contributed by atoms with Gasteiger partial charge in [-0.1, -0.05) is 18.5 Å². The van der Waals surface area contributed by atoms with Crippen molar-refractivity contribution < 1.29 is 0 Å². The van der Waals surface area contributed by atoms with E-state index in [-0.39, 0.29) is 5.11 Å². The van der Waals surface area contributed by atoms with Crippen LogP contribution in [0, 0.1) is 0 Å². The number of nitrogens with two attached hydrogens (primary N) is 1. The lowest BCUT2D eigenvalue weighted by Crippen LogP contribution is -2.27. The molecule has 0 amide bonds. The molecule has 1 aromatic rings. The first-order chi connectivity index (χ1) is 8.06. The van der Waals surface area contributed by atoms with E-state index in [9.17, 15) is 0 Å². The zero-order chi connectivity index (χ0) is 12.4. The Morgan fingerprint density at radius 3 is 3.12 bits per heavy atom. The van der Waals surface area contributed by atoms with Crippen LogP contribution < -0.4 is 11.2 Å². The van der Waals surface area contributed by atoms with Gasteiger partial charge in [0.25, 0.3) is 0 Å². The van der Waals surface area contributed by atoms with Gasteiger partial charge in [-0.05, 0) is 30.4 Å². The average molecular weight is 286 g/mol. The second-order valence-corrected chi connectivity index (χ2v) is 6.16. The van der Waals surface area contributed by atoms with Crippen LogP contribution >= 0.6 is 35.6 Å². The molecule has 3 nitrogen and oxygen atoms in total. The van der Waals surface area contributed by atoms with Gasteiger partial charge in [-0.25, -0.2) is 0 Å². The van der Waals surface area contributed by atoms with Gasteiger partial charge in [0.05, 0.1) is 5.71 Å². The predicted molar refractivity (Wildman–Crippen MR) is 77.8 cm³/mol. The van der Waals surface area contributed by atoms with E-state index in [1.165, 1.54) is 4.90 Å². The van der Waals surface area contributed by atoms with E-state index < -0.39 is 0 Å². The highest BCUT2D eigenvalue weighted by Gasteiger charge is 2.21. The van der Waals surface area contributed by atoms with Crippen molar-refractivity contribution >= 4 is 46.4 Å². The van der Waals surface area contributed by atoms with Gasteiger partial charge < -0.3 is 5.73 Å². The third-order valence-electron chi connectivity index (χ3n) is 2.36. The van der Waals surface area contributed by atoms with E-state index >= 15 is 0 Å². The van der Waals surface area contributed by atoms with Crippen LogP contribution in [0.15, 0.2) is 28.2 Å². The third-order valence-corrected chi connectivity index (χ3v) is 3.87. The first-order valence-electron chi connectivity index (χ1n) is 5.15. The normalized spacial score (nSPS) is 21.1. The topological polar surface area (TPSA) is 50.4 Å². The largest absolute Gasteiger partial charge is 0.375 e. The lowest BCUT2D eigenvalue weighted by molar-refractivity contribution is 0.949. The monoisotopic (exact) mass is 285 g/mol. The van der Waals surface area contributed by atoms with Crippen LogP contribution in [0.1, 0.15) is 18.9 Å². The number of hydrogen-bond donors (Lipinski definition) is 2. The number of halogens is 1. The molecular formula is C11H12ClN3S2. The van der Waals surface area contributed by atoms with Crippen LogP contribution in [-0.2, 0) is 0 Å². The summed E-state index contributed by atoms with van der Waals surface area (Å²) in [6, 6.07) is 5.84. The van der Waals surface area contributed by atoms with Crippen molar-refractivity contribution in [2.75, 3.05) is 0 Å². The summed E-state index contributed by atoms with van der Waals surface area (Å²) in [6.45, 7) is 2.17. The quantitative estimate of drug-likeness (QED) is 0.615. The Bertz CT molecular complexity index is 488. The molecule has 0 saturated carbocycles. The maximum Gasteiger partial charge on any atom is 0.184 e. The first kappa shape index (κ1) is 12.7. The van der Waals surface area contributed by atoms with E-state index in [4.69, 9.17) is 29.6 Å². The Kier molecular flexibility index (Phi) is 3.91. The van der Waals surface area contributed by atoms with Crippen molar-refractivity contribution in [1.29, 1.82) is 0 Å². The van der Waals surface area contributed by atoms with Gasteiger partial charge in [0, 0.05) is 27.2 Å². The fourth-order valence-corrected chi connectivity index (χ4v) is 3.04. The number of nitrogens with one attached hydrogen (secondary N) is 1. The Morgan fingerprint density at radius 1 is 1.65 bits per heavy atom. The van der Waals surface area contributed by atoms with E-state index in [1.807, 2.05) is 30.0 Å². The van der Waals surface area contributed by atoms with E-state index in [1.54, 1.807) is 0 Å². The summed E-state index contributed by atoms with van der Waals surface area (Å²) in [4.78, 5) is 1.19. The number of thioether (sulfide) groups is 1. The highest BCUT2D eigenvalue weighted by atomic mass is 35.5. The maximum atomic E-state index is 6.01. The molecule has 1 aromatic carbocycles. The fraction of sp³-hybridized carbons (Fsp3) is 0.273. The minimum absolute atomic E-state index is 0.173. The van der Waals surface area contributed by atoms with Crippen molar-refractivity contribution in [1.82, 2.24) is 5.43 Å². The van der Waals surface area contributed by atoms with E-state index in [0.29, 0.717) is 10.3 Å². The molecule has 1 aliphatic rings. The fourth-order valence-electron chi connectivity index (χ4n) is 1.70. The molecule has 0 saturated heterocycles. The molecule has 1 unspecified atom stereocenters. The second-order valence-electron chi connectivity index (χ2n) is 3.81. The smallest absolute Gasteiger partial charge is 0.184 e. The Labute approximate surface area is 115 Å². The molecule has 0 fully saturated rings. The van der Waals surface area contributed by atoms with Crippen molar-refractivity contribution in [3.05, 3.63) is 28.8 Å². The summed E-state index contributed by atoms with van der Waals surface area (Å²) in [7, 11) is 0. The number of benzene rings is 1. The van der Waals surface area contributed by atoms with Gasteiger partial charge in [0.2, 0.25) is 0 Å². The highest BCUT2D eigenvalue weighted by Crippen LogP contribution is 2.36. The minimum Gasteiger partial charge on any atom is -0.375 e. The number of thiocarbonyl (C=S) groups is 1. The lowest BCUT2D eigenvalue weighted by atomic mass is 10.1. The molecule has 90 valence electrons. The van der Waals surface area contributed by atoms with Crippen molar-refractivity contribution in [2.45, 2.75) is 23.5 Å². The van der Waals surface area contributed by atoms with Crippen molar-refractivity contribution in [2.24, 2.45) is 10.8 Å². The van der Waals surface area contributed by atoms with Gasteiger partial charge in [0.15, 0.2) is 5.11 Å². The summed E-state index contributed by atoms with van der Waals surface area (Å²) in [5, 5.41) is 5.61. The first-order valence-corrected chi connectivity index (χ1v) is 6.81. The molecular weight excluding hydrogens is 274 g/mol. The van der Waals surface area contributed by atoms with Crippen molar-refractivity contribution in [3.63, 3.8) is 0 Å². The van der Waals surface area contributed by atoms with Gasteiger partial charge >= 0.3 is 0 Å². The summed E-state index contributed by atoms with van der Waals surface area (Å²) in [6.07, 6.45) is 0.869. The molecule has 0 aromatic heterocycles. The highest BCUT2D eigenvalue weighted by molar-refractivity contribution is 8.00. The zero-order valence-electron chi connectivity index (χ0n) is 9.24. The van der Waals surface area contributed by atoms with Gasteiger partial charge in [-0.2, -0.15) is 5.10 Å². The molecule has 17 heavy (non-hydrogen) atoms. The van der Waals surface area contributed by atoms with Gasteiger partial charge in [0.1, 0.15) is 0 Å². The molecule has 1 atom stereocenters. The standard InChI is InChI=1S/C11H12ClN3S2/c1-6-4-9(14-15-11(13)16)8-5-7(12)2-3-10(8)17-6/h2-3,5-6H,4H2,1H3,(H3,13,15,16)/b14-9-. The molecule has 0 bridgehead atoms. The van der Waals surface area contributed by atoms with Crippen LogP contribution in [-0.4, -0.2) is 16.1 Å². The Morgan fingerprint density at radius 2 is 2.41 bits per heavy atom. The van der Waals surface area contributed by atoms with E-state index in [2.05, 4.69) is 17.5 Å². The number of nitrogens with zero attached hydrogens (tertiary/aromatic N) is 1. The Balaban J connectivity index is 2.39. The number of rotatable bonds is 1. The van der Waals surface area contributed by atoms with E-state index in [0.717, 1.165) is 17.7 Å². The lowest BCUT2D eigenvalue weighted by Gasteiger charge is -2.22. The molecule has 2 rings (SSSR count). The number of fused-ring (bicyclic) bond motifs is 1. The van der Waals surface area contributed by atoms with Crippen LogP contribution in [0.3, 0.4) is 0 Å². The number of hydrazone groups is 1. The molecule has 6 heteroatoms. The second kappa shape index (κ2) is 5.25. The SMILES string of the molecule is CC1C/C(=N/NC(N)=S)c2cc(Cl)ccc2S1. The predicted octanol–water partition coefficient (Wildman–Crippen LogP) is 2.76. The van der Waals surface area contributed by atoms with Crippen LogP contribution in [0.5, 0.6) is 0 Å². The van der Waals surface area contributed by atoms with Gasteiger partial charge in [-0.15, -0.1) is 11.8 Å².